The van der Waals surface area contributed by atoms with Crippen LogP contribution in [0.3, 0.4) is 0 Å². The smallest absolute Gasteiger partial charge is 0.166 e. The van der Waals surface area contributed by atoms with Crippen molar-refractivity contribution in [3.63, 3.8) is 0 Å². The highest BCUT2D eigenvalue weighted by molar-refractivity contribution is 6.34. The van der Waals surface area contributed by atoms with Gasteiger partial charge in [-0.2, -0.15) is 0 Å². The van der Waals surface area contributed by atoms with Crippen LogP contribution in [-0.4, -0.2) is 17.1 Å². The monoisotopic (exact) mass is 296 g/mol. The van der Waals surface area contributed by atoms with Crippen LogP contribution in [0.1, 0.15) is 25.3 Å². The van der Waals surface area contributed by atoms with E-state index in [0.717, 1.165) is 11.1 Å². The Morgan fingerprint density at radius 1 is 1.05 bits per heavy atom. The molecule has 0 aliphatic rings. The van der Waals surface area contributed by atoms with Gasteiger partial charge < -0.3 is 4.74 Å². The number of para-hydroxylation sites is 1. The average Bonchev–Trinajstić information content (AvgIpc) is 2.37. The molecule has 5 heteroatoms. The molecule has 2 rings (SSSR count). The number of halogens is 2. The third kappa shape index (κ3) is 2.82. The number of methoxy groups -OCH3 is 1. The summed E-state index contributed by atoms with van der Waals surface area (Å²) in [7, 11) is 1.60. The molecule has 2 aromatic rings. The van der Waals surface area contributed by atoms with Gasteiger partial charge in [-0.05, 0) is 18.1 Å². The predicted octanol–water partition coefficient (Wildman–Crippen LogP) is 4.58. The van der Waals surface area contributed by atoms with E-state index >= 15 is 0 Å². The van der Waals surface area contributed by atoms with Crippen LogP contribution in [-0.2, 0) is 0 Å². The first-order valence-corrected chi connectivity index (χ1v) is 6.66. The fraction of sp³-hybridized carbons (Fsp3) is 0.286. The van der Waals surface area contributed by atoms with Crippen LogP contribution >= 0.6 is 23.2 Å². The van der Waals surface area contributed by atoms with Crippen LogP contribution in [0.4, 0.5) is 0 Å². The van der Waals surface area contributed by atoms with E-state index in [9.17, 15) is 0 Å². The summed E-state index contributed by atoms with van der Waals surface area (Å²) in [5.74, 6) is 1.33. The first-order valence-electron chi connectivity index (χ1n) is 5.91. The molecule has 1 aromatic carbocycles. The Labute approximate surface area is 122 Å². The lowest BCUT2D eigenvalue weighted by Crippen LogP contribution is -2.00. The van der Waals surface area contributed by atoms with Crippen LogP contribution in [0.25, 0.3) is 11.4 Å². The Morgan fingerprint density at radius 3 is 2.16 bits per heavy atom. The molecular formula is C14H14Cl2N2O. The quantitative estimate of drug-likeness (QED) is 0.778. The predicted molar refractivity (Wildman–Crippen MR) is 78.1 cm³/mol. The molecule has 3 nitrogen and oxygen atoms in total. The van der Waals surface area contributed by atoms with Gasteiger partial charge in [-0.3, -0.25) is 0 Å². The molecule has 100 valence electrons. The number of hydrogen-bond donors (Lipinski definition) is 0. The number of rotatable bonds is 3. The molecule has 0 radical (unpaired) electrons. The second-order valence-electron chi connectivity index (χ2n) is 4.40. The van der Waals surface area contributed by atoms with E-state index in [0.29, 0.717) is 21.9 Å². The largest absolute Gasteiger partial charge is 0.496 e. The highest BCUT2D eigenvalue weighted by Gasteiger charge is 2.17. The zero-order valence-corrected chi connectivity index (χ0v) is 12.5. The van der Waals surface area contributed by atoms with Gasteiger partial charge >= 0.3 is 0 Å². The summed E-state index contributed by atoms with van der Waals surface area (Å²) in [6.45, 7) is 4.00. The maximum Gasteiger partial charge on any atom is 0.166 e. The van der Waals surface area contributed by atoms with Crippen molar-refractivity contribution >= 4 is 23.2 Å². The molecule has 0 bridgehead atoms. The normalized spacial score (nSPS) is 10.8. The molecule has 0 fully saturated rings. The molecule has 1 aromatic heterocycles. The lowest BCUT2D eigenvalue weighted by molar-refractivity contribution is 0.416. The number of aromatic nitrogens is 2. The molecule has 0 saturated heterocycles. The minimum atomic E-state index is 0.173. The van der Waals surface area contributed by atoms with Gasteiger partial charge in [0.1, 0.15) is 16.1 Å². The highest BCUT2D eigenvalue weighted by atomic mass is 35.5. The number of nitrogens with zero attached hydrogens (tertiary/aromatic N) is 2. The van der Waals surface area contributed by atoms with E-state index in [4.69, 9.17) is 27.9 Å². The summed E-state index contributed by atoms with van der Waals surface area (Å²) >= 11 is 12.4. The molecular weight excluding hydrogens is 283 g/mol. The molecule has 0 N–H and O–H groups in total. The van der Waals surface area contributed by atoms with Crippen molar-refractivity contribution in [2.75, 3.05) is 7.11 Å². The van der Waals surface area contributed by atoms with Gasteiger partial charge in [0.2, 0.25) is 0 Å². The van der Waals surface area contributed by atoms with Crippen LogP contribution in [0.5, 0.6) is 5.75 Å². The first kappa shape index (κ1) is 14.1. The standard InChI is InChI=1S/C14H14Cl2N2O/c1-8(2)11-12(15)17-14(18-13(11)16)9-6-4-5-7-10(9)19-3/h4-8H,1-3H3. The Bertz CT molecular complexity index is 577. The molecule has 0 spiro atoms. The number of benzene rings is 1. The molecule has 0 aliphatic carbocycles. The second-order valence-corrected chi connectivity index (χ2v) is 5.11. The van der Waals surface area contributed by atoms with Gasteiger partial charge in [-0.25, -0.2) is 9.97 Å². The van der Waals surface area contributed by atoms with Crippen LogP contribution in [0.15, 0.2) is 24.3 Å². The van der Waals surface area contributed by atoms with Gasteiger partial charge in [-0.1, -0.05) is 49.2 Å². The van der Waals surface area contributed by atoms with Gasteiger partial charge in [-0.15, -0.1) is 0 Å². The molecule has 1 heterocycles. The summed E-state index contributed by atoms with van der Waals surface area (Å²) < 4.78 is 5.29. The van der Waals surface area contributed by atoms with E-state index in [1.54, 1.807) is 7.11 Å². The van der Waals surface area contributed by atoms with E-state index in [2.05, 4.69) is 9.97 Å². The second kappa shape index (κ2) is 5.76. The topological polar surface area (TPSA) is 35.0 Å². The summed E-state index contributed by atoms with van der Waals surface area (Å²) in [5.41, 5.74) is 1.53. The molecule has 19 heavy (non-hydrogen) atoms. The highest BCUT2D eigenvalue weighted by Crippen LogP contribution is 2.33. The first-order chi connectivity index (χ1) is 9.04. The fourth-order valence-electron chi connectivity index (χ4n) is 1.84. The van der Waals surface area contributed by atoms with Crippen molar-refractivity contribution in [1.82, 2.24) is 9.97 Å². The average molecular weight is 297 g/mol. The van der Waals surface area contributed by atoms with E-state index in [-0.39, 0.29) is 5.92 Å². The maximum atomic E-state index is 6.20. The van der Waals surface area contributed by atoms with Crippen molar-refractivity contribution in [2.24, 2.45) is 0 Å². The summed E-state index contributed by atoms with van der Waals surface area (Å²) in [6.07, 6.45) is 0. The summed E-state index contributed by atoms with van der Waals surface area (Å²) in [6, 6.07) is 7.49. The van der Waals surface area contributed by atoms with Gasteiger partial charge in [0.05, 0.1) is 12.7 Å². The Balaban J connectivity index is 2.59. The fourth-order valence-corrected chi connectivity index (χ4v) is 2.67. The van der Waals surface area contributed by atoms with E-state index in [1.807, 2.05) is 38.1 Å². The molecule has 0 amide bonds. The Hall–Kier alpha value is -1.32. The van der Waals surface area contributed by atoms with E-state index in [1.165, 1.54) is 0 Å². The number of hydrogen-bond acceptors (Lipinski definition) is 3. The Kier molecular flexibility index (Phi) is 4.27. The molecule has 0 saturated carbocycles. The molecule has 0 atom stereocenters. The van der Waals surface area contributed by atoms with Gasteiger partial charge in [0, 0.05) is 5.56 Å². The minimum absolute atomic E-state index is 0.173. The molecule has 0 unspecified atom stereocenters. The van der Waals surface area contributed by atoms with Crippen molar-refractivity contribution in [2.45, 2.75) is 19.8 Å². The van der Waals surface area contributed by atoms with Crippen molar-refractivity contribution in [3.05, 3.63) is 40.1 Å². The molecule has 0 aliphatic heterocycles. The van der Waals surface area contributed by atoms with Gasteiger partial charge in [0.25, 0.3) is 0 Å². The van der Waals surface area contributed by atoms with Crippen LogP contribution in [0.2, 0.25) is 10.3 Å². The SMILES string of the molecule is COc1ccccc1-c1nc(Cl)c(C(C)C)c(Cl)n1. The zero-order chi connectivity index (χ0) is 14.0. The van der Waals surface area contributed by atoms with Crippen molar-refractivity contribution in [1.29, 1.82) is 0 Å². The van der Waals surface area contributed by atoms with Crippen molar-refractivity contribution in [3.8, 4) is 17.1 Å². The lowest BCUT2D eigenvalue weighted by Gasteiger charge is -2.12. The maximum absolute atomic E-state index is 6.20. The van der Waals surface area contributed by atoms with Gasteiger partial charge in [0.15, 0.2) is 5.82 Å². The third-order valence-electron chi connectivity index (χ3n) is 2.78. The zero-order valence-electron chi connectivity index (χ0n) is 10.9. The third-order valence-corrected chi connectivity index (χ3v) is 3.35. The number of ether oxygens (including phenoxy) is 1. The van der Waals surface area contributed by atoms with Crippen LogP contribution < -0.4 is 4.74 Å². The van der Waals surface area contributed by atoms with Crippen molar-refractivity contribution < 1.29 is 4.74 Å². The Morgan fingerprint density at radius 2 is 1.63 bits per heavy atom. The lowest BCUT2D eigenvalue weighted by atomic mass is 10.1. The van der Waals surface area contributed by atoms with Crippen LogP contribution in [0, 0.1) is 0 Å². The summed E-state index contributed by atoms with van der Waals surface area (Å²) in [5, 5.41) is 0.770. The minimum Gasteiger partial charge on any atom is -0.496 e. The van der Waals surface area contributed by atoms with E-state index < -0.39 is 0 Å². The summed E-state index contributed by atoms with van der Waals surface area (Å²) in [4.78, 5) is 8.65.